The first kappa shape index (κ1) is 13.8. The predicted octanol–water partition coefficient (Wildman–Crippen LogP) is 1.78. The second-order valence-corrected chi connectivity index (χ2v) is 5.08. The Balaban J connectivity index is 1.93. The molecule has 5 heteroatoms. The number of phenols is 1. The minimum atomic E-state index is -0.566. The van der Waals surface area contributed by atoms with Gasteiger partial charge in [0.15, 0.2) is 0 Å². The number of rotatable bonds is 3. The maximum atomic E-state index is 12.8. The van der Waals surface area contributed by atoms with Gasteiger partial charge in [-0.3, -0.25) is 4.79 Å². The normalized spacial score (nSPS) is 23.1. The van der Waals surface area contributed by atoms with Crippen molar-refractivity contribution in [2.45, 2.75) is 31.7 Å². The summed E-state index contributed by atoms with van der Waals surface area (Å²) in [6.45, 7) is 0.497. The standard InChI is InChI=1S/C14H19FN2O2/c15-10-5-6-11(13(18)7-10)14(19)17-8-9-3-1-2-4-12(9)16/h5-7,9,12,18H,1-4,8,16H2,(H,17,19). The summed E-state index contributed by atoms with van der Waals surface area (Å²) >= 11 is 0. The first-order chi connectivity index (χ1) is 9.08. The van der Waals surface area contributed by atoms with Crippen LogP contribution in [0, 0.1) is 11.7 Å². The molecule has 0 saturated heterocycles. The van der Waals surface area contributed by atoms with Gasteiger partial charge in [-0.05, 0) is 30.9 Å². The van der Waals surface area contributed by atoms with Gasteiger partial charge < -0.3 is 16.2 Å². The molecule has 19 heavy (non-hydrogen) atoms. The fraction of sp³-hybridized carbons (Fsp3) is 0.500. The number of phenolic OH excluding ortho intramolecular Hbond substituents is 1. The molecule has 0 heterocycles. The van der Waals surface area contributed by atoms with E-state index in [1.54, 1.807) is 0 Å². The van der Waals surface area contributed by atoms with Gasteiger partial charge in [-0.2, -0.15) is 0 Å². The molecule has 4 nitrogen and oxygen atoms in total. The lowest BCUT2D eigenvalue weighted by Gasteiger charge is -2.28. The SMILES string of the molecule is NC1CCCCC1CNC(=O)c1ccc(F)cc1O. The number of halogens is 1. The van der Waals surface area contributed by atoms with E-state index in [1.165, 1.54) is 6.07 Å². The Kier molecular flexibility index (Phi) is 4.37. The summed E-state index contributed by atoms with van der Waals surface area (Å²) < 4.78 is 12.8. The Morgan fingerprint density at radius 2 is 2.16 bits per heavy atom. The van der Waals surface area contributed by atoms with Gasteiger partial charge in [-0.1, -0.05) is 12.8 Å². The largest absolute Gasteiger partial charge is 0.507 e. The first-order valence-electron chi connectivity index (χ1n) is 6.60. The molecule has 1 fully saturated rings. The van der Waals surface area contributed by atoms with E-state index in [0.29, 0.717) is 6.54 Å². The molecule has 0 aliphatic heterocycles. The van der Waals surface area contributed by atoms with Gasteiger partial charge in [0.05, 0.1) is 5.56 Å². The number of carbonyl (C=O) groups excluding carboxylic acids is 1. The van der Waals surface area contributed by atoms with E-state index in [4.69, 9.17) is 5.73 Å². The van der Waals surface area contributed by atoms with Crippen LogP contribution in [0.4, 0.5) is 4.39 Å². The van der Waals surface area contributed by atoms with Crippen LogP contribution in [0.15, 0.2) is 18.2 Å². The summed E-state index contributed by atoms with van der Waals surface area (Å²) in [7, 11) is 0. The average molecular weight is 266 g/mol. The number of hydrogen-bond donors (Lipinski definition) is 3. The molecule has 1 aromatic carbocycles. The van der Waals surface area contributed by atoms with Crippen molar-refractivity contribution in [3.05, 3.63) is 29.6 Å². The molecule has 0 aromatic heterocycles. The van der Waals surface area contributed by atoms with Crippen molar-refractivity contribution < 1.29 is 14.3 Å². The van der Waals surface area contributed by atoms with E-state index in [-0.39, 0.29) is 23.3 Å². The lowest BCUT2D eigenvalue weighted by molar-refractivity contribution is 0.0938. The monoisotopic (exact) mass is 266 g/mol. The molecule has 2 atom stereocenters. The van der Waals surface area contributed by atoms with Crippen molar-refractivity contribution in [3.8, 4) is 5.75 Å². The number of carbonyl (C=O) groups is 1. The van der Waals surface area contributed by atoms with Crippen molar-refractivity contribution in [1.82, 2.24) is 5.32 Å². The topological polar surface area (TPSA) is 75.3 Å². The molecule has 2 rings (SSSR count). The lowest BCUT2D eigenvalue weighted by atomic mass is 9.85. The van der Waals surface area contributed by atoms with E-state index in [1.807, 2.05) is 0 Å². The fourth-order valence-corrected chi connectivity index (χ4v) is 2.51. The third-order valence-electron chi connectivity index (χ3n) is 3.70. The van der Waals surface area contributed by atoms with Crippen LogP contribution in [-0.2, 0) is 0 Å². The summed E-state index contributed by atoms with van der Waals surface area (Å²) in [5.41, 5.74) is 6.09. The second-order valence-electron chi connectivity index (χ2n) is 5.08. The zero-order valence-corrected chi connectivity index (χ0v) is 10.7. The van der Waals surface area contributed by atoms with Crippen LogP contribution in [0.3, 0.4) is 0 Å². The molecular formula is C14H19FN2O2. The highest BCUT2D eigenvalue weighted by atomic mass is 19.1. The number of nitrogens with one attached hydrogen (secondary N) is 1. The molecular weight excluding hydrogens is 247 g/mol. The number of benzene rings is 1. The van der Waals surface area contributed by atoms with E-state index in [9.17, 15) is 14.3 Å². The third kappa shape index (κ3) is 3.44. The van der Waals surface area contributed by atoms with Crippen LogP contribution >= 0.6 is 0 Å². The molecule has 1 amide bonds. The Morgan fingerprint density at radius 1 is 1.42 bits per heavy atom. The molecule has 1 aliphatic carbocycles. The molecule has 0 radical (unpaired) electrons. The van der Waals surface area contributed by atoms with E-state index in [0.717, 1.165) is 37.8 Å². The number of nitrogens with two attached hydrogens (primary N) is 1. The quantitative estimate of drug-likeness (QED) is 0.780. The Bertz CT molecular complexity index is 465. The maximum absolute atomic E-state index is 12.8. The third-order valence-corrected chi connectivity index (χ3v) is 3.70. The highest BCUT2D eigenvalue weighted by Gasteiger charge is 2.22. The molecule has 0 bridgehead atoms. The molecule has 1 saturated carbocycles. The van der Waals surface area contributed by atoms with Gasteiger partial charge in [0.25, 0.3) is 5.91 Å². The molecule has 2 unspecified atom stereocenters. The Hall–Kier alpha value is -1.62. The highest BCUT2D eigenvalue weighted by molar-refractivity contribution is 5.96. The first-order valence-corrected chi connectivity index (χ1v) is 6.60. The number of hydrogen-bond acceptors (Lipinski definition) is 3. The van der Waals surface area contributed by atoms with Gasteiger partial charge in [-0.15, -0.1) is 0 Å². The molecule has 0 spiro atoms. The predicted molar refractivity (Wildman–Crippen MR) is 70.3 cm³/mol. The number of aromatic hydroxyl groups is 1. The summed E-state index contributed by atoms with van der Waals surface area (Å²) in [6, 6.07) is 3.49. The lowest BCUT2D eigenvalue weighted by Crippen LogP contribution is -2.41. The van der Waals surface area contributed by atoms with E-state index >= 15 is 0 Å². The minimum Gasteiger partial charge on any atom is -0.507 e. The van der Waals surface area contributed by atoms with E-state index < -0.39 is 11.7 Å². The maximum Gasteiger partial charge on any atom is 0.255 e. The number of amides is 1. The van der Waals surface area contributed by atoms with Gasteiger partial charge in [0.1, 0.15) is 11.6 Å². The summed E-state index contributed by atoms with van der Waals surface area (Å²) in [4.78, 5) is 11.9. The zero-order chi connectivity index (χ0) is 13.8. The average Bonchev–Trinajstić information content (AvgIpc) is 2.37. The van der Waals surface area contributed by atoms with Crippen LogP contribution in [0.25, 0.3) is 0 Å². The Morgan fingerprint density at radius 3 is 2.84 bits per heavy atom. The molecule has 1 aliphatic rings. The zero-order valence-electron chi connectivity index (χ0n) is 10.7. The van der Waals surface area contributed by atoms with Gasteiger partial charge in [0, 0.05) is 18.7 Å². The second kappa shape index (κ2) is 6.02. The summed E-state index contributed by atoms with van der Waals surface area (Å²) in [6.07, 6.45) is 4.28. The van der Waals surface area contributed by atoms with Crippen molar-refractivity contribution in [1.29, 1.82) is 0 Å². The van der Waals surface area contributed by atoms with Crippen LogP contribution < -0.4 is 11.1 Å². The van der Waals surface area contributed by atoms with Gasteiger partial charge >= 0.3 is 0 Å². The van der Waals surface area contributed by atoms with Crippen molar-refractivity contribution in [3.63, 3.8) is 0 Å². The van der Waals surface area contributed by atoms with Crippen molar-refractivity contribution >= 4 is 5.91 Å². The Labute approximate surface area is 111 Å². The van der Waals surface area contributed by atoms with Crippen LogP contribution in [0.2, 0.25) is 0 Å². The summed E-state index contributed by atoms with van der Waals surface area (Å²) in [5.74, 6) is -1.02. The van der Waals surface area contributed by atoms with Crippen LogP contribution in [0.1, 0.15) is 36.0 Å². The minimum absolute atomic E-state index is 0.0887. The summed E-state index contributed by atoms with van der Waals surface area (Å²) in [5, 5.41) is 12.3. The van der Waals surface area contributed by atoms with Crippen molar-refractivity contribution in [2.24, 2.45) is 11.7 Å². The van der Waals surface area contributed by atoms with Crippen molar-refractivity contribution in [2.75, 3.05) is 6.54 Å². The van der Waals surface area contributed by atoms with Crippen LogP contribution in [0.5, 0.6) is 5.75 Å². The highest BCUT2D eigenvalue weighted by Crippen LogP contribution is 2.23. The van der Waals surface area contributed by atoms with Gasteiger partial charge in [-0.25, -0.2) is 4.39 Å². The van der Waals surface area contributed by atoms with Gasteiger partial charge in [0.2, 0.25) is 0 Å². The fourth-order valence-electron chi connectivity index (χ4n) is 2.51. The van der Waals surface area contributed by atoms with Crippen LogP contribution in [-0.4, -0.2) is 23.6 Å². The smallest absolute Gasteiger partial charge is 0.255 e. The molecule has 4 N–H and O–H groups in total. The molecule has 1 aromatic rings. The molecule has 104 valence electrons. The van der Waals surface area contributed by atoms with E-state index in [2.05, 4.69) is 5.32 Å².